The molecule has 1 heterocycles. The van der Waals surface area contributed by atoms with Crippen molar-refractivity contribution < 1.29 is 14.6 Å². The molecule has 0 aromatic heterocycles. The van der Waals surface area contributed by atoms with Gasteiger partial charge in [0.05, 0.1) is 25.1 Å². The Labute approximate surface area is 228 Å². The lowest BCUT2D eigenvalue weighted by Crippen LogP contribution is -2.38. The zero-order valence-corrected chi connectivity index (χ0v) is 22.4. The predicted molar refractivity (Wildman–Crippen MR) is 153 cm³/mol. The summed E-state index contributed by atoms with van der Waals surface area (Å²) in [5, 5.41) is 10.5. The van der Waals surface area contributed by atoms with Gasteiger partial charge >= 0.3 is 0 Å². The summed E-state index contributed by atoms with van der Waals surface area (Å²) in [5.74, 6) is 0.836. The summed E-state index contributed by atoms with van der Waals surface area (Å²) in [6.07, 6.45) is 0.461. The van der Waals surface area contributed by atoms with Crippen molar-refractivity contribution in [3.8, 4) is 11.5 Å². The van der Waals surface area contributed by atoms with Crippen LogP contribution in [-0.2, 0) is 17.8 Å². The topological polar surface area (TPSA) is 62.1 Å². The maximum atomic E-state index is 14.2. The number of amides is 1. The van der Waals surface area contributed by atoms with Crippen molar-refractivity contribution in [2.75, 3.05) is 12.0 Å². The zero-order valence-electron chi connectivity index (χ0n) is 21.6. The van der Waals surface area contributed by atoms with Crippen LogP contribution in [0, 0.1) is 13.8 Å². The van der Waals surface area contributed by atoms with E-state index in [1.165, 1.54) is 11.1 Å². The number of aromatic hydroxyl groups is 1. The highest BCUT2D eigenvalue weighted by Crippen LogP contribution is 2.33. The van der Waals surface area contributed by atoms with E-state index in [4.69, 9.17) is 21.3 Å². The summed E-state index contributed by atoms with van der Waals surface area (Å²) in [6.45, 7) is 4.53. The van der Waals surface area contributed by atoms with Crippen molar-refractivity contribution in [2.24, 2.45) is 4.99 Å². The summed E-state index contributed by atoms with van der Waals surface area (Å²) in [6, 6.07) is 25.8. The summed E-state index contributed by atoms with van der Waals surface area (Å²) < 4.78 is 5.31. The van der Waals surface area contributed by atoms with Crippen LogP contribution < -0.4 is 9.64 Å². The SMILES string of the molecule is COc1ccc(CN2C(=O)C(Cc3ccc(C)c(C)c3)N=C(c3ccc(O)cc3)c3cc(Cl)ccc32)cc1. The average molecular weight is 525 g/mol. The third-order valence-electron chi connectivity index (χ3n) is 6.98. The molecule has 1 atom stereocenters. The Balaban J connectivity index is 1.65. The number of ether oxygens (including phenoxy) is 1. The van der Waals surface area contributed by atoms with Gasteiger partial charge < -0.3 is 14.7 Å². The van der Waals surface area contributed by atoms with E-state index in [0.29, 0.717) is 23.7 Å². The number of aliphatic imine (C=N–C) groups is 1. The molecule has 6 heteroatoms. The van der Waals surface area contributed by atoms with E-state index in [2.05, 4.69) is 32.0 Å². The lowest BCUT2D eigenvalue weighted by molar-refractivity contribution is -0.119. The average Bonchev–Trinajstić information content (AvgIpc) is 3.02. The number of halogens is 1. The van der Waals surface area contributed by atoms with Crippen LogP contribution in [0.2, 0.25) is 5.02 Å². The van der Waals surface area contributed by atoms with Gasteiger partial charge in [0.15, 0.2) is 0 Å². The molecule has 4 aromatic carbocycles. The molecule has 0 fully saturated rings. The molecular weight excluding hydrogens is 496 g/mol. The third-order valence-corrected chi connectivity index (χ3v) is 7.22. The van der Waals surface area contributed by atoms with Gasteiger partial charge in [0.1, 0.15) is 17.5 Å². The smallest absolute Gasteiger partial charge is 0.252 e. The molecule has 192 valence electrons. The quantitative estimate of drug-likeness (QED) is 0.306. The van der Waals surface area contributed by atoms with Gasteiger partial charge in [-0.05, 0) is 90.7 Å². The second kappa shape index (κ2) is 10.7. The number of anilines is 1. The number of phenols is 1. The predicted octanol–water partition coefficient (Wildman–Crippen LogP) is 6.67. The van der Waals surface area contributed by atoms with E-state index in [0.717, 1.165) is 33.7 Å². The van der Waals surface area contributed by atoms with Crippen LogP contribution >= 0.6 is 11.6 Å². The molecule has 0 spiro atoms. The molecule has 0 radical (unpaired) electrons. The number of carbonyl (C=O) groups is 1. The molecule has 0 bridgehead atoms. The van der Waals surface area contributed by atoms with E-state index in [-0.39, 0.29) is 11.7 Å². The molecular formula is C32H29ClN2O3. The number of fused-ring (bicyclic) bond motifs is 1. The Bertz CT molecular complexity index is 1510. The minimum atomic E-state index is -0.648. The lowest BCUT2D eigenvalue weighted by Gasteiger charge is -2.26. The van der Waals surface area contributed by atoms with Gasteiger partial charge in [0.2, 0.25) is 0 Å². The van der Waals surface area contributed by atoms with Crippen molar-refractivity contribution in [1.29, 1.82) is 0 Å². The molecule has 1 N–H and O–H groups in total. The first-order valence-corrected chi connectivity index (χ1v) is 12.9. The highest BCUT2D eigenvalue weighted by Gasteiger charge is 2.32. The number of methoxy groups -OCH3 is 1. The lowest BCUT2D eigenvalue weighted by atomic mass is 9.99. The van der Waals surface area contributed by atoms with Crippen LogP contribution in [-0.4, -0.2) is 29.9 Å². The highest BCUT2D eigenvalue weighted by atomic mass is 35.5. The number of phenolic OH excluding ortho intramolecular Hbond substituents is 1. The van der Waals surface area contributed by atoms with Crippen LogP contribution in [0.15, 0.2) is 89.9 Å². The van der Waals surface area contributed by atoms with E-state index >= 15 is 0 Å². The summed E-state index contributed by atoms with van der Waals surface area (Å²) >= 11 is 6.47. The molecule has 1 aliphatic heterocycles. The third kappa shape index (κ3) is 5.29. The second-order valence-electron chi connectivity index (χ2n) is 9.60. The Morgan fingerprint density at radius 1 is 0.895 bits per heavy atom. The minimum absolute atomic E-state index is 0.0867. The van der Waals surface area contributed by atoms with Gasteiger partial charge in [0, 0.05) is 22.6 Å². The van der Waals surface area contributed by atoms with Gasteiger partial charge in [-0.3, -0.25) is 9.79 Å². The van der Waals surface area contributed by atoms with Gasteiger partial charge in [-0.2, -0.15) is 0 Å². The number of carbonyl (C=O) groups excluding carboxylic acids is 1. The molecule has 0 aliphatic carbocycles. The van der Waals surface area contributed by atoms with Gasteiger partial charge in [-0.25, -0.2) is 0 Å². The molecule has 5 nitrogen and oxygen atoms in total. The maximum absolute atomic E-state index is 14.2. The molecule has 0 saturated heterocycles. The number of rotatable bonds is 6. The minimum Gasteiger partial charge on any atom is -0.508 e. The maximum Gasteiger partial charge on any atom is 0.252 e. The number of aryl methyl sites for hydroxylation is 2. The summed E-state index contributed by atoms with van der Waals surface area (Å²) in [5.41, 5.74) is 7.38. The van der Waals surface area contributed by atoms with Crippen LogP contribution in [0.1, 0.15) is 33.4 Å². The van der Waals surface area contributed by atoms with E-state index < -0.39 is 6.04 Å². The first-order valence-electron chi connectivity index (χ1n) is 12.5. The molecule has 4 aromatic rings. The first kappa shape index (κ1) is 25.6. The highest BCUT2D eigenvalue weighted by molar-refractivity contribution is 6.32. The summed E-state index contributed by atoms with van der Waals surface area (Å²) in [4.78, 5) is 21.1. The van der Waals surface area contributed by atoms with Gasteiger partial charge in [-0.1, -0.05) is 41.9 Å². The number of hydrogen-bond donors (Lipinski definition) is 1. The fourth-order valence-electron chi connectivity index (χ4n) is 4.73. The number of nitrogens with zero attached hydrogens (tertiary/aromatic N) is 2. The molecule has 0 saturated carbocycles. The summed E-state index contributed by atoms with van der Waals surface area (Å²) in [7, 11) is 1.63. The van der Waals surface area contributed by atoms with Crippen LogP contribution in [0.25, 0.3) is 0 Å². The molecule has 38 heavy (non-hydrogen) atoms. The Hall–Kier alpha value is -4.09. The fraction of sp³-hybridized carbons (Fsp3) is 0.188. The number of hydrogen-bond acceptors (Lipinski definition) is 4. The Morgan fingerprint density at radius 3 is 2.29 bits per heavy atom. The van der Waals surface area contributed by atoms with Crippen molar-refractivity contribution in [2.45, 2.75) is 32.9 Å². The van der Waals surface area contributed by atoms with E-state index in [9.17, 15) is 9.90 Å². The van der Waals surface area contributed by atoms with Crippen LogP contribution in [0.5, 0.6) is 11.5 Å². The largest absolute Gasteiger partial charge is 0.508 e. The molecule has 1 amide bonds. The van der Waals surface area contributed by atoms with Crippen molar-refractivity contribution >= 4 is 28.9 Å². The molecule has 1 unspecified atom stereocenters. The normalized spacial score (nSPS) is 15.1. The molecule has 5 rings (SSSR count). The van der Waals surface area contributed by atoms with Crippen LogP contribution in [0.3, 0.4) is 0 Å². The van der Waals surface area contributed by atoms with E-state index in [1.54, 1.807) is 30.2 Å². The number of benzodiazepines with no additional fused rings is 1. The van der Waals surface area contributed by atoms with Crippen molar-refractivity contribution in [3.63, 3.8) is 0 Å². The van der Waals surface area contributed by atoms with Crippen molar-refractivity contribution in [3.05, 3.63) is 123 Å². The van der Waals surface area contributed by atoms with E-state index in [1.807, 2.05) is 48.5 Å². The second-order valence-corrected chi connectivity index (χ2v) is 10.0. The van der Waals surface area contributed by atoms with Crippen molar-refractivity contribution in [1.82, 2.24) is 0 Å². The Morgan fingerprint density at radius 2 is 1.61 bits per heavy atom. The van der Waals surface area contributed by atoms with Crippen LogP contribution in [0.4, 0.5) is 5.69 Å². The first-order chi connectivity index (χ1) is 18.3. The van der Waals surface area contributed by atoms with Gasteiger partial charge in [0.25, 0.3) is 5.91 Å². The number of benzene rings is 4. The standard InChI is InChI=1S/C32H29ClN2O3/c1-20-4-5-23(16-21(20)2)17-29-32(37)35(19-22-6-13-27(38-3)14-7-22)30-15-10-25(33)18-28(30)31(34-29)24-8-11-26(36)12-9-24/h4-16,18,29,36H,17,19H2,1-3H3. The monoisotopic (exact) mass is 524 g/mol. The fourth-order valence-corrected chi connectivity index (χ4v) is 4.90. The molecule has 1 aliphatic rings. The van der Waals surface area contributed by atoms with Gasteiger partial charge in [-0.15, -0.1) is 0 Å². The Kier molecular flexibility index (Phi) is 7.21. The zero-order chi connectivity index (χ0) is 26.8.